The molecule has 1 atom stereocenters. The fourth-order valence-corrected chi connectivity index (χ4v) is 2.13. The quantitative estimate of drug-likeness (QED) is 0.714. The minimum atomic E-state index is -0.0371. The molecule has 1 aromatic rings. The molecule has 0 unspecified atom stereocenters. The van der Waals surface area contributed by atoms with Gasteiger partial charge in [-0.1, -0.05) is 12.1 Å². The van der Waals surface area contributed by atoms with Gasteiger partial charge in [-0.05, 0) is 12.1 Å². The van der Waals surface area contributed by atoms with Crippen molar-refractivity contribution in [2.75, 3.05) is 12.4 Å². The van der Waals surface area contributed by atoms with Gasteiger partial charge in [-0.15, -0.1) is 11.8 Å². The Morgan fingerprint density at radius 2 is 2.33 bits per heavy atom. The Morgan fingerprint density at radius 3 is 3.17 bits per heavy atom. The molecule has 0 aromatic heterocycles. The first-order chi connectivity index (χ1) is 5.90. The lowest BCUT2D eigenvalue weighted by atomic mass is 10.3. The van der Waals surface area contributed by atoms with Crippen molar-refractivity contribution in [2.45, 2.75) is 11.0 Å². The lowest BCUT2D eigenvalue weighted by molar-refractivity contribution is 0.127. The minimum absolute atomic E-state index is 0.0371. The average molecular weight is 182 g/mol. The maximum absolute atomic E-state index is 8.88. The SMILES string of the molecule is OC[C@@H]1CSc2ccccc2O1. The molecule has 0 saturated carbocycles. The van der Waals surface area contributed by atoms with Crippen molar-refractivity contribution < 1.29 is 9.84 Å². The zero-order valence-corrected chi connectivity index (χ0v) is 7.38. The highest BCUT2D eigenvalue weighted by Gasteiger charge is 2.18. The Kier molecular flexibility index (Phi) is 2.23. The third kappa shape index (κ3) is 1.42. The molecule has 2 nitrogen and oxygen atoms in total. The second-order valence-electron chi connectivity index (χ2n) is 2.68. The highest BCUT2D eigenvalue weighted by atomic mass is 32.2. The normalized spacial score (nSPS) is 21.2. The van der Waals surface area contributed by atoms with E-state index in [2.05, 4.69) is 0 Å². The summed E-state index contributed by atoms with van der Waals surface area (Å²) in [6.45, 7) is 0.0985. The van der Waals surface area contributed by atoms with E-state index in [4.69, 9.17) is 9.84 Å². The summed E-state index contributed by atoms with van der Waals surface area (Å²) in [5, 5.41) is 8.88. The first-order valence-electron chi connectivity index (χ1n) is 3.89. The van der Waals surface area contributed by atoms with E-state index in [1.807, 2.05) is 24.3 Å². The molecule has 0 bridgehead atoms. The molecule has 0 fully saturated rings. The van der Waals surface area contributed by atoms with E-state index in [-0.39, 0.29) is 12.7 Å². The first kappa shape index (κ1) is 7.95. The van der Waals surface area contributed by atoms with Crippen LogP contribution < -0.4 is 4.74 Å². The second-order valence-corrected chi connectivity index (χ2v) is 3.74. The number of aliphatic hydroxyl groups excluding tert-OH is 1. The monoisotopic (exact) mass is 182 g/mol. The van der Waals surface area contributed by atoms with Crippen molar-refractivity contribution in [2.24, 2.45) is 0 Å². The van der Waals surface area contributed by atoms with Crippen LogP contribution in [0.1, 0.15) is 0 Å². The lowest BCUT2D eigenvalue weighted by Crippen LogP contribution is -2.26. The van der Waals surface area contributed by atoms with Crippen LogP contribution in [0, 0.1) is 0 Å². The molecule has 0 aliphatic carbocycles. The second kappa shape index (κ2) is 3.37. The third-order valence-electron chi connectivity index (χ3n) is 1.77. The number of hydrogen-bond donors (Lipinski definition) is 1. The van der Waals surface area contributed by atoms with Gasteiger partial charge in [-0.2, -0.15) is 0 Å². The maximum atomic E-state index is 8.88. The van der Waals surface area contributed by atoms with Crippen molar-refractivity contribution in [3.8, 4) is 5.75 Å². The number of benzene rings is 1. The minimum Gasteiger partial charge on any atom is -0.486 e. The first-order valence-corrected chi connectivity index (χ1v) is 4.88. The van der Waals surface area contributed by atoms with Crippen LogP contribution in [0.3, 0.4) is 0 Å². The standard InChI is InChI=1S/C9H10O2S/c10-5-7-6-12-9-4-2-1-3-8(9)11-7/h1-4,7,10H,5-6H2/t7-/m1/s1. The van der Waals surface area contributed by atoms with Gasteiger partial charge < -0.3 is 9.84 Å². The van der Waals surface area contributed by atoms with Gasteiger partial charge in [0.2, 0.25) is 0 Å². The summed E-state index contributed by atoms with van der Waals surface area (Å²) in [5.74, 6) is 1.74. The third-order valence-corrected chi connectivity index (χ3v) is 2.96. The van der Waals surface area contributed by atoms with Crippen LogP contribution in [0.25, 0.3) is 0 Å². The van der Waals surface area contributed by atoms with E-state index in [0.717, 1.165) is 11.5 Å². The zero-order chi connectivity index (χ0) is 8.39. The molecule has 1 N–H and O–H groups in total. The van der Waals surface area contributed by atoms with E-state index in [1.165, 1.54) is 4.90 Å². The van der Waals surface area contributed by atoms with Crippen molar-refractivity contribution in [1.29, 1.82) is 0 Å². The Balaban J connectivity index is 2.23. The van der Waals surface area contributed by atoms with Crippen LogP contribution in [0.4, 0.5) is 0 Å². The van der Waals surface area contributed by atoms with Crippen LogP contribution >= 0.6 is 11.8 Å². The van der Waals surface area contributed by atoms with Gasteiger partial charge in [0.05, 0.1) is 6.61 Å². The summed E-state index contributed by atoms with van der Waals surface area (Å²) in [5.41, 5.74) is 0. The molecular weight excluding hydrogens is 172 g/mol. The molecule has 1 aromatic carbocycles. The van der Waals surface area contributed by atoms with Crippen molar-refractivity contribution in [1.82, 2.24) is 0 Å². The van der Waals surface area contributed by atoms with Gasteiger partial charge in [-0.3, -0.25) is 0 Å². The van der Waals surface area contributed by atoms with Gasteiger partial charge in [0.1, 0.15) is 11.9 Å². The van der Waals surface area contributed by atoms with Crippen LogP contribution in [0.15, 0.2) is 29.2 Å². The van der Waals surface area contributed by atoms with E-state index < -0.39 is 0 Å². The molecule has 12 heavy (non-hydrogen) atoms. The number of ether oxygens (including phenoxy) is 1. The Labute approximate surface area is 75.6 Å². The fourth-order valence-electron chi connectivity index (χ4n) is 1.15. The smallest absolute Gasteiger partial charge is 0.133 e. The number of aliphatic hydroxyl groups is 1. The number of hydrogen-bond acceptors (Lipinski definition) is 3. The summed E-state index contributed by atoms with van der Waals surface area (Å²) in [6, 6.07) is 7.91. The molecular formula is C9H10O2S. The summed E-state index contributed by atoms with van der Waals surface area (Å²) >= 11 is 1.74. The van der Waals surface area contributed by atoms with E-state index in [0.29, 0.717) is 0 Å². The van der Waals surface area contributed by atoms with Crippen molar-refractivity contribution in [3.05, 3.63) is 24.3 Å². The van der Waals surface area contributed by atoms with Gasteiger partial charge in [-0.25, -0.2) is 0 Å². The topological polar surface area (TPSA) is 29.5 Å². The maximum Gasteiger partial charge on any atom is 0.133 e. The average Bonchev–Trinajstić information content (AvgIpc) is 2.17. The zero-order valence-electron chi connectivity index (χ0n) is 6.56. The number of para-hydroxylation sites is 1. The van der Waals surface area contributed by atoms with E-state index in [9.17, 15) is 0 Å². The molecule has 0 radical (unpaired) electrons. The largest absolute Gasteiger partial charge is 0.486 e. The number of thioether (sulfide) groups is 1. The van der Waals surface area contributed by atoms with Crippen LogP contribution in [-0.2, 0) is 0 Å². The van der Waals surface area contributed by atoms with Crippen molar-refractivity contribution >= 4 is 11.8 Å². The predicted molar refractivity (Wildman–Crippen MR) is 48.7 cm³/mol. The predicted octanol–water partition coefficient (Wildman–Crippen LogP) is 1.53. The molecule has 3 heteroatoms. The van der Waals surface area contributed by atoms with E-state index in [1.54, 1.807) is 11.8 Å². The summed E-state index contributed by atoms with van der Waals surface area (Å²) in [6.07, 6.45) is -0.0371. The lowest BCUT2D eigenvalue weighted by Gasteiger charge is -2.23. The highest BCUT2D eigenvalue weighted by molar-refractivity contribution is 7.99. The summed E-state index contributed by atoms with van der Waals surface area (Å²) in [4.78, 5) is 1.17. The van der Waals surface area contributed by atoms with Gasteiger partial charge in [0.25, 0.3) is 0 Å². The fraction of sp³-hybridized carbons (Fsp3) is 0.333. The highest BCUT2D eigenvalue weighted by Crippen LogP contribution is 2.34. The van der Waals surface area contributed by atoms with Gasteiger partial charge >= 0.3 is 0 Å². The molecule has 1 aliphatic heterocycles. The Bertz CT molecular complexity index is 275. The Morgan fingerprint density at radius 1 is 1.50 bits per heavy atom. The molecule has 64 valence electrons. The van der Waals surface area contributed by atoms with Crippen LogP contribution in [0.2, 0.25) is 0 Å². The Hall–Kier alpha value is -0.670. The number of rotatable bonds is 1. The molecule has 1 heterocycles. The molecule has 2 rings (SSSR count). The van der Waals surface area contributed by atoms with Gasteiger partial charge in [0.15, 0.2) is 0 Å². The van der Waals surface area contributed by atoms with Crippen LogP contribution in [-0.4, -0.2) is 23.6 Å². The van der Waals surface area contributed by atoms with E-state index >= 15 is 0 Å². The molecule has 1 aliphatic rings. The summed E-state index contributed by atoms with van der Waals surface area (Å²) in [7, 11) is 0. The molecule has 0 amide bonds. The van der Waals surface area contributed by atoms with Crippen LogP contribution in [0.5, 0.6) is 5.75 Å². The summed E-state index contributed by atoms with van der Waals surface area (Å²) < 4.78 is 5.51. The molecule has 0 spiro atoms. The molecule has 0 saturated heterocycles. The number of fused-ring (bicyclic) bond motifs is 1. The van der Waals surface area contributed by atoms with Crippen molar-refractivity contribution in [3.63, 3.8) is 0 Å². The van der Waals surface area contributed by atoms with Gasteiger partial charge in [0, 0.05) is 10.6 Å².